The van der Waals surface area contributed by atoms with Crippen molar-refractivity contribution in [3.05, 3.63) is 45.1 Å². The summed E-state index contributed by atoms with van der Waals surface area (Å²) in [6, 6.07) is 5.46. The van der Waals surface area contributed by atoms with Crippen molar-refractivity contribution in [3.63, 3.8) is 0 Å². The SMILES string of the molecule is COc1cc(C(O)Cc2ccsc2)cc(Cl)c1OC. The van der Waals surface area contributed by atoms with E-state index in [1.54, 1.807) is 30.6 Å². The summed E-state index contributed by atoms with van der Waals surface area (Å²) in [4.78, 5) is 0. The van der Waals surface area contributed by atoms with Gasteiger partial charge in [-0.05, 0) is 40.1 Å². The topological polar surface area (TPSA) is 38.7 Å². The van der Waals surface area contributed by atoms with Gasteiger partial charge in [-0.3, -0.25) is 0 Å². The zero-order chi connectivity index (χ0) is 13.8. The van der Waals surface area contributed by atoms with Gasteiger partial charge in [0, 0.05) is 6.42 Å². The van der Waals surface area contributed by atoms with Crippen LogP contribution >= 0.6 is 22.9 Å². The van der Waals surface area contributed by atoms with Crippen molar-refractivity contribution in [3.8, 4) is 11.5 Å². The summed E-state index contributed by atoms with van der Waals surface area (Å²) in [5.74, 6) is 1.00. The number of hydrogen-bond donors (Lipinski definition) is 1. The van der Waals surface area contributed by atoms with Crippen molar-refractivity contribution in [2.45, 2.75) is 12.5 Å². The number of methoxy groups -OCH3 is 2. The number of halogens is 1. The average molecular weight is 299 g/mol. The van der Waals surface area contributed by atoms with Crippen LogP contribution in [0.3, 0.4) is 0 Å². The minimum absolute atomic E-state index is 0.432. The van der Waals surface area contributed by atoms with Crippen LogP contribution in [-0.2, 0) is 6.42 Å². The number of thiophene rings is 1. The summed E-state index contributed by atoms with van der Waals surface area (Å²) in [6.07, 6.45) is -0.0677. The first-order valence-electron chi connectivity index (χ1n) is 5.76. The van der Waals surface area contributed by atoms with E-state index >= 15 is 0 Å². The van der Waals surface area contributed by atoms with E-state index in [0.29, 0.717) is 28.5 Å². The highest BCUT2D eigenvalue weighted by atomic mass is 35.5. The molecule has 102 valence electrons. The predicted molar refractivity (Wildman–Crippen MR) is 77.5 cm³/mol. The molecule has 1 aromatic heterocycles. The number of aliphatic hydroxyl groups is 1. The van der Waals surface area contributed by atoms with E-state index in [-0.39, 0.29) is 0 Å². The fourth-order valence-electron chi connectivity index (χ4n) is 1.88. The van der Waals surface area contributed by atoms with E-state index in [1.165, 1.54) is 7.11 Å². The molecule has 3 nitrogen and oxygen atoms in total. The van der Waals surface area contributed by atoms with Gasteiger partial charge in [0.05, 0.1) is 25.3 Å². The third kappa shape index (κ3) is 3.21. The fraction of sp³-hybridized carbons (Fsp3) is 0.286. The van der Waals surface area contributed by atoms with E-state index in [2.05, 4.69) is 0 Å². The highest BCUT2D eigenvalue weighted by Crippen LogP contribution is 2.38. The van der Waals surface area contributed by atoms with E-state index < -0.39 is 6.10 Å². The molecular weight excluding hydrogens is 284 g/mol. The van der Waals surface area contributed by atoms with Crippen LogP contribution in [0.1, 0.15) is 17.2 Å². The van der Waals surface area contributed by atoms with Crippen LogP contribution in [0.25, 0.3) is 0 Å². The minimum Gasteiger partial charge on any atom is -0.493 e. The number of ether oxygens (including phenoxy) is 2. The Morgan fingerprint density at radius 3 is 2.68 bits per heavy atom. The van der Waals surface area contributed by atoms with Crippen molar-refractivity contribution < 1.29 is 14.6 Å². The van der Waals surface area contributed by atoms with Gasteiger partial charge >= 0.3 is 0 Å². The maximum atomic E-state index is 10.2. The van der Waals surface area contributed by atoms with Gasteiger partial charge in [-0.2, -0.15) is 11.3 Å². The maximum absolute atomic E-state index is 10.2. The number of benzene rings is 1. The Kier molecular flexibility index (Phi) is 4.69. The third-order valence-corrected chi connectivity index (χ3v) is 3.86. The Morgan fingerprint density at radius 1 is 1.32 bits per heavy atom. The molecule has 0 saturated carbocycles. The summed E-state index contributed by atoms with van der Waals surface area (Å²) < 4.78 is 10.4. The van der Waals surface area contributed by atoms with Crippen LogP contribution < -0.4 is 9.47 Å². The highest BCUT2D eigenvalue weighted by molar-refractivity contribution is 7.07. The molecule has 0 aliphatic carbocycles. The van der Waals surface area contributed by atoms with Gasteiger partial charge in [-0.15, -0.1) is 0 Å². The summed E-state index contributed by atoms with van der Waals surface area (Å²) in [5.41, 5.74) is 1.82. The van der Waals surface area contributed by atoms with Crippen LogP contribution in [0.4, 0.5) is 0 Å². The molecule has 0 aliphatic rings. The molecule has 1 heterocycles. The van der Waals surface area contributed by atoms with Gasteiger partial charge < -0.3 is 14.6 Å². The van der Waals surface area contributed by atoms with Gasteiger partial charge in [0.25, 0.3) is 0 Å². The Bertz CT molecular complexity index is 540. The Balaban J connectivity index is 2.27. The van der Waals surface area contributed by atoms with Crippen LogP contribution in [0, 0.1) is 0 Å². The number of rotatable bonds is 5. The zero-order valence-electron chi connectivity index (χ0n) is 10.7. The van der Waals surface area contributed by atoms with E-state index in [0.717, 1.165) is 5.56 Å². The van der Waals surface area contributed by atoms with Crippen LogP contribution in [0.5, 0.6) is 11.5 Å². The van der Waals surface area contributed by atoms with Gasteiger partial charge in [0.15, 0.2) is 11.5 Å². The first-order valence-corrected chi connectivity index (χ1v) is 7.08. The lowest BCUT2D eigenvalue weighted by Crippen LogP contribution is -2.02. The Morgan fingerprint density at radius 2 is 2.11 bits per heavy atom. The molecule has 0 saturated heterocycles. The molecule has 0 radical (unpaired) electrons. The number of aliphatic hydroxyl groups excluding tert-OH is 1. The van der Waals surface area contributed by atoms with E-state index in [1.807, 2.05) is 16.8 Å². The lowest BCUT2D eigenvalue weighted by molar-refractivity contribution is 0.178. The van der Waals surface area contributed by atoms with Gasteiger partial charge in [-0.1, -0.05) is 11.6 Å². The molecule has 0 amide bonds. The largest absolute Gasteiger partial charge is 0.493 e. The van der Waals surface area contributed by atoms with Crippen LogP contribution in [0.2, 0.25) is 5.02 Å². The van der Waals surface area contributed by atoms with E-state index in [9.17, 15) is 5.11 Å². The first kappa shape index (κ1) is 14.2. The van der Waals surface area contributed by atoms with Gasteiger partial charge in [-0.25, -0.2) is 0 Å². The normalized spacial score (nSPS) is 12.2. The lowest BCUT2D eigenvalue weighted by Gasteiger charge is -2.15. The molecule has 0 bridgehead atoms. The molecule has 1 atom stereocenters. The second-order valence-electron chi connectivity index (χ2n) is 4.09. The summed E-state index contributed by atoms with van der Waals surface area (Å²) in [5, 5.41) is 14.7. The minimum atomic E-state index is -0.619. The smallest absolute Gasteiger partial charge is 0.179 e. The molecule has 1 unspecified atom stereocenters. The molecule has 0 fully saturated rings. The van der Waals surface area contributed by atoms with Crippen LogP contribution in [0.15, 0.2) is 29.0 Å². The summed E-state index contributed by atoms with van der Waals surface area (Å²) in [6.45, 7) is 0. The Labute approximate surface area is 121 Å². The van der Waals surface area contributed by atoms with Gasteiger partial charge in [0.2, 0.25) is 0 Å². The molecule has 0 aliphatic heterocycles. The average Bonchev–Trinajstić information content (AvgIpc) is 2.90. The van der Waals surface area contributed by atoms with Crippen LogP contribution in [-0.4, -0.2) is 19.3 Å². The van der Waals surface area contributed by atoms with Crippen molar-refractivity contribution in [1.82, 2.24) is 0 Å². The second-order valence-corrected chi connectivity index (χ2v) is 5.28. The molecule has 0 spiro atoms. The highest BCUT2D eigenvalue weighted by Gasteiger charge is 2.16. The molecular formula is C14H15ClO3S. The first-order chi connectivity index (χ1) is 9.15. The standard InChI is InChI=1S/C14H15ClO3S/c1-17-13-7-10(6-11(15)14(13)18-2)12(16)5-9-3-4-19-8-9/h3-4,6-8,12,16H,5H2,1-2H3. The zero-order valence-corrected chi connectivity index (χ0v) is 12.3. The van der Waals surface area contributed by atoms with Crippen molar-refractivity contribution in [1.29, 1.82) is 0 Å². The molecule has 2 aromatic rings. The monoisotopic (exact) mass is 298 g/mol. The fourth-order valence-corrected chi connectivity index (χ4v) is 2.86. The molecule has 1 N–H and O–H groups in total. The van der Waals surface area contributed by atoms with E-state index in [4.69, 9.17) is 21.1 Å². The third-order valence-electron chi connectivity index (χ3n) is 2.85. The molecule has 5 heteroatoms. The maximum Gasteiger partial charge on any atom is 0.179 e. The molecule has 2 rings (SSSR count). The van der Waals surface area contributed by atoms with Crippen molar-refractivity contribution in [2.24, 2.45) is 0 Å². The second kappa shape index (κ2) is 6.28. The molecule has 1 aromatic carbocycles. The lowest BCUT2D eigenvalue weighted by atomic mass is 10.0. The summed E-state index contributed by atoms with van der Waals surface area (Å²) >= 11 is 7.74. The van der Waals surface area contributed by atoms with Crippen molar-refractivity contribution >= 4 is 22.9 Å². The summed E-state index contributed by atoms with van der Waals surface area (Å²) in [7, 11) is 3.08. The van der Waals surface area contributed by atoms with Crippen molar-refractivity contribution in [2.75, 3.05) is 14.2 Å². The number of hydrogen-bond acceptors (Lipinski definition) is 4. The quantitative estimate of drug-likeness (QED) is 0.915. The van der Waals surface area contributed by atoms with Gasteiger partial charge in [0.1, 0.15) is 0 Å². The Hall–Kier alpha value is -1.23. The molecule has 19 heavy (non-hydrogen) atoms. The predicted octanol–water partition coefficient (Wildman–Crippen LogP) is 3.69.